The van der Waals surface area contributed by atoms with Crippen molar-refractivity contribution in [1.29, 1.82) is 0 Å². The van der Waals surface area contributed by atoms with Gasteiger partial charge in [0.25, 0.3) is 23.4 Å². The SMILES string of the molecule is Cc1cc([N+](=O)[O-])ccc1NC(=O)c1cccc(N2C(=O)c3ccccc3C2=O)c1. The summed E-state index contributed by atoms with van der Waals surface area (Å²) in [6, 6.07) is 16.8. The predicted molar refractivity (Wildman–Crippen MR) is 110 cm³/mol. The van der Waals surface area contributed by atoms with E-state index in [0.717, 1.165) is 4.90 Å². The van der Waals surface area contributed by atoms with Gasteiger partial charge in [0.05, 0.1) is 21.7 Å². The quantitative estimate of drug-likeness (QED) is 0.404. The number of benzene rings is 3. The molecule has 0 unspecified atom stereocenters. The lowest BCUT2D eigenvalue weighted by Gasteiger charge is -2.15. The first-order valence-corrected chi connectivity index (χ1v) is 9.01. The van der Waals surface area contributed by atoms with Crippen LogP contribution in [0.3, 0.4) is 0 Å². The molecule has 4 rings (SSSR count). The molecule has 1 aliphatic rings. The fourth-order valence-corrected chi connectivity index (χ4v) is 3.31. The maximum Gasteiger partial charge on any atom is 0.269 e. The van der Waals surface area contributed by atoms with Crippen LogP contribution in [0.1, 0.15) is 36.6 Å². The summed E-state index contributed by atoms with van der Waals surface area (Å²) in [4.78, 5) is 49.4. The van der Waals surface area contributed by atoms with Crippen LogP contribution in [0.2, 0.25) is 0 Å². The van der Waals surface area contributed by atoms with Gasteiger partial charge in [-0.05, 0) is 48.9 Å². The molecule has 3 aromatic carbocycles. The zero-order chi connectivity index (χ0) is 21.4. The molecule has 0 saturated carbocycles. The number of carbonyl (C=O) groups is 3. The minimum Gasteiger partial charge on any atom is -0.322 e. The number of carbonyl (C=O) groups excluding carboxylic acids is 3. The number of rotatable bonds is 4. The van der Waals surface area contributed by atoms with Crippen molar-refractivity contribution in [1.82, 2.24) is 0 Å². The standard InChI is InChI=1S/C22H15N3O5/c1-13-11-16(25(29)30)9-10-19(13)23-20(26)14-5-4-6-15(12-14)24-21(27)17-7-2-3-8-18(17)22(24)28/h2-12H,1H3,(H,23,26). The Hall–Kier alpha value is -4.33. The van der Waals surface area contributed by atoms with Crippen molar-refractivity contribution < 1.29 is 19.3 Å². The van der Waals surface area contributed by atoms with Crippen LogP contribution in [0.5, 0.6) is 0 Å². The lowest BCUT2D eigenvalue weighted by atomic mass is 10.1. The van der Waals surface area contributed by atoms with Crippen molar-refractivity contribution in [2.24, 2.45) is 0 Å². The van der Waals surface area contributed by atoms with Crippen molar-refractivity contribution in [2.45, 2.75) is 6.92 Å². The number of fused-ring (bicyclic) bond motifs is 1. The molecule has 8 heteroatoms. The van der Waals surface area contributed by atoms with Gasteiger partial charge in [-0.15, -0.1) is 0 Å². The summed E-state index contributed by atoms with van der Waals surface area (Å²) in [5.74, 6) is -1.36. The van der Waals surface area contributed by atoms with Crippen LogP contribution < -0.4 is 10.2 Å². The van der Waals surface area contributed by atoms with E-state index in [4.69, 9.17) is 0 Å². The van der Waals surface area contributed by atoms with Crippen LogP contribution in [-0.2, 0) is 0 Å². The summed E-state index contributed by atoms with van der Waals surface area (Å²) in [6.07, 6.45) is 0. The first-order valence-electron chi connectivity index (χ1n) is 9.01. The second-order valence-corrected chi connectivity index (χ2v) is 6.75. The fourth-order valence-electron chi connectivity index (χ4n) is 3.31. The Morgan fingerprint density at radius 2 is 1.60 bits per heavy atom. The van der Waals surface area contributed by atoms with Gasteiger partial charge in [-0.25, -0.2) is 4.90 Å². The highest BCUT2D eigenvalue weighted by Gasteiger charge is 2.36. The number of hydrogen-bond acceptors (Lipinski definition) is 5. The average Bonchev–Trinajstić information content (AvgIpc) is 3.00. The summed E-state index contributed by atoms with van der Waals surface area (Å²) >= 11 is 0. The summed E-state index contributed by atoms with van der Waals surface area (Å²) in [5.41, 5.74) is 2.05. The third-order valence-corrected chi connectivity index (χ3v) is 4.83. The molecule has 0 aromatic heterocycles. The molecule has 3 amide bonds. The van der Waals surface area contributed by atoms with Gasteiger partial charge in [-0.1, -0.05) is 18.2 Å². The predicted octanol–water partition coefficient (Wildman–Crippen LogP) is 3.96. The Kier molecular flexibility index (Phi) is 4.59. The van der Waals surface area contributed by atoms with E-state index in [9.17, 15) is 24.5 Å². The van der Waals surface area contributed by atoms with E-state index >= 15 is 0 Å². The van der Waals surface area contributed by atoms with Gasteiger partial charge in [0, 0.05) is 23.4 Å². The second kappa shape index (κ2) is 7.25. The molecule has 8 nitrogen and oxygen atoms in total. The van der Waals surface area contributed by atoms with Crippen LogP contribution in [-0.4, -0.2) is 22.6 Å². The zero-order valence-corrected chi connectivity index (χ0v) is 15.8. The maximum atomic E-state index is 12.7. The molecule has 0 radical (unpaired) electrons. The van der Waals surface area contributed by atoms with Crippen LogP contribution in [0.15, 0.2) is 66.7 Å². The molecule has 30 heavy (non-hydrogen) atoms. The van der Waals surface area contributed by atoms with E-state index in [1.165, 1.54) is 24.3 Å². The molecule has 1 N–H and O–H groups in total. The molecule has 0 saturated heterocycles. The lowest BCUT2D eigenvalue weighted by molar-refractivity contribution is -0.384. The first-order chi connectivity index (χ1) is 14.4. The van der Waals surface area contributed by atoms with Crippen LogP contribution in [0.25, 0.3) is 0 Å². The van der Waals surface area contributed by atoms with Crippen molar-refractivity contribution >= 4 is 34.8 Å². The summed E-state index contributed by atoms with van der Waals surface area (Å²) < 4.78 is 0. The molecule has 148 valence electrons. The van der Waals surface area contributed by atoms with E-state index in [1.54, 1.807) is 49.4 Å². The zero-order valence-electron chi connectivity index (χ0n) is 15.8. The Morgan fingerprint density at radius 3 is 2.20 bits per heavy atom. The number of nitro benzene ring substituents is 1. The monoisotopic (exact) mass is 401 g/mol. The number of nitrogens with one attached hydrogen (secondary N) is 1. The number of non-ortho nitro benzene ring substituents is 1. The van der Waals surface area contributed by atoms with Crippen LogP contribution >= 0.6 is 0 Å². The van der Waals surface area contributed by atoms with Crippen molar-refractivity contribution in [2.75, 3.05) is 10.2 Å². The van der Waals surface area contributed by atoms with E-state index in [2.05, 4.69) is 5.32 Å². The number of nitrogens with zero attached hydrogens (tertiary/aromatic N) is 2. The smallest absolute Gasteiger partial charge is 0.269 e. The normalized spacial score (nSPS) is 12.6. The van der Waals surface area contributed by atoms with Crippen LogP contribution in [0, 0.1) is 17.0 Å². The molecule has 0 aliphatic carbocycles. The fraction of sp³-hybridized carbons (Fsp3) is 0.0455. The number of aryl methyl sites for hydroxylation is 1. The van der Waals surface area contributed by atoms with Gasteiger partial charge >= 0.3 is 0 Å². The van der Waals surface area contributed by atoms with Crippen molar-refractivity contribution in [3.63, 3.8) is 0 Å². The summed E-state index contributed by atoms with van der Waals surface area (Å²) in [7, 11) is 0. The highest BCUT2D eigenvalue weighted by Crippen LogP contribution is 2.29. The molecule has 0 spiro atoms. The van der Waals surface area contributed by atoms with Gasteiger partial charge in [0.2, 0.25) is 0 Å². The number of amides is 3. The van der Waals surface area contributed by atoms with E-state index in [1.807, 2.05) is 0 Å². The number of nitro groups is 1. The molecule has 1 aliphatic heterocycles. The largest absolute Gasteiger partial charge is 0.322 e. The number of hydrogen-bond donors (Lipinski definition) is 1. The third kappa shape index (κ3) is 3.20. The highest BCUT2D eigenvalue weighted by atomic mass is 16.6. The van der Waals surface area contributed by atoms with E-state index in [-0.39, 0.29) is 16.9 Å². The van der Waals surface area contributed by atoms with E-state index in [0.29, 0.717) is 22.4 Å². The van der Waals surface area contributed by atoms with Gasteiger partial charge < -0.3 is 5.32 Å². The average molecular weight is 401 g/mol. The Morgan fingerprint density at radius 1 is 0.933 bits per heavy atom. The molecular weight excluding hydrogens is 386 g/mol. The van der Waals surface area contributed by atoms with Crippen LogP contribution in [0.4, 0.5) is 17.1 Å². The van der Waals surface area contributed by atoms with Gasteiger partial charge in [0.15, 0.2) is 0 Å². The second-order valence-electron chi connectivity index (χ2n) is 6.75. The third-order valence-electron chi connectivity index (χ3n) is 4.83. The highest BCUT2D eigenvalue weighted by molar-refractivity contribution is 6.34. The minimum atomic E-state index is -0.510. The van der Waals surface area contributed by atoms with Gasteiger partial charge in [-0.3, -0.25) is 24.5 Å². The maximum absolute atomic E-state index is 12.7. The Bertz CT molecular complexity index is 1200. The first kappa shape index (κ1) is 19.0. The number of imide groups is 1. The minimum absolute atomic E-state index is 0.0712. The summed E-state index contributed by atoms with van der Waals surface area (Å²) in [6.45, 7) is 1.65. The summed E-state index contributed by atoms with van der Waals surface area (Å²) in [5, 5.41) is 13.6. The molecule has 0 bridgehead atoms. The van der Waals surface area contributed by atoms with Gasteiger partial charge in [0.1, 0.15) is 0 Å². The molecule has 0 fully saturated rings. The molecule has 1 heterocycles. The van der Waals surface area contributed by atoms with Crippen molar-refractivity contribution in [3.8, 4) is 0 Å². The topological polar surface area (TPSA) is 110 Å². The molecule has 0 atom stereocenters. The van der Waals surface area contributed by atoms with Gasteiger partial charge in [-0.2, -0.15) is 0 Å². The van der Waals surface area contributed by atoms with E-state index < -0.39 is 22.6 Å². The lowest BCUT2D eigenvalue weighted by Crippen LogP contribution is -2.29. The van der Waals surface area contributed by atoms with Crippen molar-refractivity contribution in [3.05, 3.63) is 99.1 Å². The number of anilines is 2. The Labute approximate surface area is 170 Å². The Balaban J connectivity index is 1.60. The molecule has 3 aromatic rings. The molecular formula is C22H15N3O5.